The number of carbonyl (C=O) groups is 4. The van der Waals surface area contributed by atoms with Crippen LogP contribution in [0.25, 0.3) is 45.6 Å². The Morgan fingerprint density at radius 2 is 1.74 bits per heavy atom. The molecule has 2 aromatic carbocycles. The minimum Gasteiger partial charge on any atom is -0.508 e. The molecule has 296 valence electrons. The molecule has 2 aliphatic carbocycles. The van der Waals surface area contributed by atoms with Crippen LogP contribution in [0.15, 0.2) is 95.3 Å². The number of aliphatic hydroxyl groups is 1. The summed E-state index contributed by atoms with van der Waals surface area (Å²) in [5.41, 5.74) is 1.38. The van der Waals surface area contributed by atoms with Crippen LogP contribution in [0.1, 0.15) is 22.8 Å². The van der Waals surface area contributed by atoms with Crippen LogP contribution in [0.2, 0.25) is 0 Å². The molecule has 15 nitrogen and oxygen atoms in total. The fraction of sp³-hybridized carbons (Fsp3) is 0.220. The summed E-state index contributed by atoms with van der Waals surface area (Å²) in [6.07, 6.45) is 2.50. The summed E-state index contributed by atoms with van der Waals surface area (Å²) in [7, 11) is 0. The second-order valence-electron chi connectivity index (χ2n) is 14.0. The number of carboxylic acids is 2. The highest BCUT2D eigenvalue weighted by Crippen LogP contribution is 2.44. The van der Waals surface area contributed by atoms with Crippen LogP contribution in [0.4, 0.5) is 0 Å². The van der Waals surface area contributed by atoms with Crippen LogP contribution in [0, 0.1) is 5.92 Å². The number of hydrogen-bond donors (Lipinski definition) is 6. The molecule has 17 heteroatoms. The average Bonchev–Trinajstić information content (AvgIpc) is 3.18. The van der Waals surface area contributed by atoms with Gasteiger partial charge in [-0.15, -0.1) is 23.5 Å². The van der Waals surface area contributed by atoms with Crippen molar-refractivity contribution in [1.82, 2.24) is 15.5 Å². The van der Waals surface area contributed by atoms with Crippen LogP contribution >= 0.6 is 23.5 Å². The van der Waals surface area contributed by atoms with Gasteiger partial charge in [0, 0.05) is 62.7 Å². The van der Waals surface area contributed by atoms with Gasteiger partial charge in [0.25, 0.3) is 5.91 Å². The molecule has 4 unspecified atom stereocenters. The molecule has 0 spiro atoms. The first-order valence-corrected chi connectivity index (χ1v) is 20.0. The minimum absolute atomic E-state index is 0.00528. The summed E-state index contributed by atoms with van der Waals surface area (Å²) in [6, 6.07) is 14.1. The number of aliphatic carboxylic acids is 1. The number of benzene rings is 3. The van der Waals surface area contributed by atoms with E-state index in [0.717, 1.165) is 4.90 Å². The Kier molecular flexibility index (Phi) is 10.2. The first-order chi connectivity index (χ1) is 27.8. The number of rotatable bonds is 11. The van der Waals surface area contributed by atoms with E-state index < -0.39 is 46.9 Å². The van der Waals surface area contributed by atoms with Crippen LogP contribution in [-0.4, -0.2) is 84.6 Å². The number of nitrogens with zero attached hydrogens (tertiary/aromatic N) is 1. The number of fused-ring (bicyclic) bond motifs is 4. The van der Waals surface area contributed by atoms with Crippen LogP contribution in [0.3, 0.4) is 0 Å². The van der Waals surface area contributed by atoms with E-state index in [1.807, 2.05) is 6.92 Å². The van der Waals surface area contributed by atoms with Crippen molar-refractivity contribution in [1.29, 1.82) is 0 Å². The Bertz CT molecular complexity index is 2830. The van der Waals surface area contributed by atoms with E-state index in [1.165, 1.54) is 59.9 Å². The van der Waals surface area contributed by atoms with E-state index in [-0.39, 0.29) is 75.3 Å². The number of aliphatic hydroxyl groups excluding tert-OH is 1. The van der Waals surface area contributed by atoms with E-state index in [2.05, 4.69) is 10.6 Å². The van der Waals surface area contributed by atoms with Gasteiger partial charge in [0.2, 0.25) is 5.91 Å². The highest BCUT2D eigenvalue weighted by Gasteiger charge is 2.54. The molecule has 3 aliphatic heterocycles. The standard InChI is InChI=1S/C41H33N3O12S2/c1-18-8-19-9-20(41(54)56-30(19)13-29(18)47)14-42-15-33(48)43-35-37(49)44-36(40(52)53)21(17-58-38(35)44)16-57-24-4-7-25(28(12-24)39(50)51)34-26-5-2-22(45)10-31(26)55-32-11-23(46)3-6-27(32)34/h2-13,18,29,35,38,42,45,47H,14-17H2,1H3,(H,43,48)(H,50,51)(H,52,53). The van der Waals surface area contributed by atoms with E-state index >= 15 is 0 Å². The third kappa shape index (κ3) is 7.17. The van der Waals surface area contributed by atoms with Gasteiger partial charge in [-0.25, -0.2) is 14.4 Å². The van der Waals surface area contributed by atoms with E-state index in [9.17, 15) is 49.2 Å². The summed E-state index contributed by atoms with van der Waals surface area (Å²) < 4.78 is 11.2. The monoisotopic (exact) mass is 823 g/mol. The molecule has 4 atom stereocenters. The number of phenols is 1. The molecule has 6 N–H and O–H groups in total. The van der Waals surface area contributed by atoms with Crippen LogP contribution in [0.5, 0.6) is 5.75 Å². The van der Waals surface area contributed by atoms with Crippen molar-refractivity contribution in [3.05, 3.63) is 114 Å². The van der Waals surface area contributed by atoms with Crippen molar-refractivity contribution >= 4 is 70.4 Å². The Morgan fingerprint density at radius 1 is 0.948 bits per heavy atom. The number of carboxylic acid groups (broad SMARTS) is 2. The molecule has 58 heavy (non-hydrogen) atoms. The minimum atomic E-state index is -1.31. The number of carbonyl (C=O) groups excluding carboxylic acids is 2. The third-order valence-electron chi connectivity index (χ3n) is 10.1. The molecular weight excluding hydrogens is 791 g/mol. The molecule has 1 fully saturated rings. The maximum Gasteiger partial charge on any atom is 0.352 e. The number of phenolic OH excluding ortho intramolecular Hbond substituents is 1. The highest BCUT2D eigenvalue weighted by molar-refractivity contribution is 8.01. The van der Waals surface area contributed by atoms with E-state index in [4.69, 9.17) is 8.83 Å². The fourth-order valence-corrected chi connectivity index (χ4v) is 9.69. The van der Waals surface area contributed by atoms with Gasteiger partial charge in [-0.1, -0.05) is 19.1 Å². The topological polar surface area (TPSA) is 237 Å². The lowest BCUT2D eigenvalue weighted by molar-refractivity contribution is -0.150. The molecule has 1 aromatic heterocycles. The van der Waals surface area contributed by atoms with Gasteiger partial charge in [-0.3, -0.25) is 19.3 Å². The predicted molar refractivity (Wildman–Crippen MR) is 214 cm³/mol. The summed E-state index contributed by atoms with van der Waals surface area (Å²) in [4.78, 5) is 77.7. The largest absolute Gasteiger partial charge is 0.508 e. The first-order valence-electron chi connectivity index (χ1n) is 17.9. The predicted octanol–water partition coefficient (Wildman–Crippen LogP) is 2.11. The average molecular weight is 824 g/mol. The zero-order chi connectivity index (χ0) is 41.0. The number of hydrogen-bond acceptors (Lipinski definition) is 13. The number of amides is 2. The van der Waals surface area contributed by atoms with Gasteiger partial charge in [-0.2, -0.15) is 0 Å². The Hall–Kier alpha value is -6.14. The maximum absolute atomic E-state index is 13.3. The fourth-order valence-electron chi connectivity index (χ4n) is 7.27. The summed E-state index contributed by atoms with van der Waals surface area (Å²) in [5.74, 6) is -3.34. The van der Waals surface area contributed by atoms with Crippen LogP contribution < -0.4 is 32.3 Å². The maximum atomic E-state index is 13.3. The molecule has 5 aliphatic rings. The molecule has 8 rings (SSSR count). The molecule has 0 bridgehead atoms. The lowest BCUT2D eigenvalue weighted by atomic mass is 9.91. The number of β-lactam (4-membered cyclic amide) rings is 1. The molecule has 2 amide bonds. The number of nitrogens with one attached hydrogen (secondary N) is 2. The van der Waals surface area contributed by atoms with Gasteiger partial charge in [0.15, 0.2) is 5.43 Å². The SMILES string of the molecule is CC1C=c2cc(CNCC(=O)NC3C(=O)N4C(C(=O)O)=C(CSc5ccc(-c6c7ccc(=O)cc-7oc7cc(O)ccc67)c(C(=O)O)c5)CSC34)c(=O)oc2=CC1O. The van der Waals surface area contributed by atoms with Gasteiger partial charge < -0.3 is 39.9 Å². The third-order valence-corrected chi connectivity index (χ3v) is 12.6. The summed E-state index contributed by atoms with van der Waals surface area (Å²) in [6.45, 7) is 1.60. The Balaban J connectivity index is 0.957. The summed E-state index contributed by atoms with van der Waals surface area (Å²) in [5, 5.41) is 46.7. The van der Waals surface area contributed by atoms with Crippen molar-refractivity contribution in [2.24, 2.45) is 5.92 Å². The zero-order valence-corrected chi connectivity index (χ0v) is 32.0. The summed E-state index contributed by atoms with van der Waals surface area (Å²) >= 11 is 2.49. The van der Waals surface area contributed by atoms with Crippen molar-refractivity contribution < 1.29 is 48.4 Å². The Morgan fingerprint density at radius 3 is 2.52 bits per heavy atom. The first kappa shape index (κ1) is 38.7. The quantitative estimate of drug-likeness (QED) is 0.0636. The van der Waals surface area contributed by atoms with Gasteiger partial charge >= 0.3 is 17.6 Å². The smallest absolute Gasteiger partial charge is 0.352 e. The van der Waals surface area contributed by atoms with Crippen molar-refractivity contribution in [3.8, 4) is 28.2 Å². The second-order valence-corrected chi connectivity index (χ2v) is 16.1. The molecule has 4 heterocycles. The molecule has 1 saturated heterocycles. The van der Waals surface area contributed by atoms with Gasteiger partial charge in [0.1, 0.15) is 39.6 Å². The number of aromatic hydroxyl groups is 1. The molecule has 0 radical (unpaired) electrons. The van der Waals surface area contributed by atoms with E-state index in [1.54, 1.807) is 36.4 Å². The number of thioether (sulfide) groups is 2. The molecule has 3 aromatic rings. The lowest BCUT2D eigenvalue weighted by Crippen LogP contribution is -2.71. The van der Waals surface area contributed by atoms with Crippen molar-refractivity contribution in [3.63, 3.8) is 0 Å². The van der Waals surface area contributed by atoms with Crippen molar-refractivity contribution in [2.75, 3.05) is 18.1 Å². The second kappa shape index (κ2) is 15.3. The lowest BCUT2D eigenvalue weighted by Gasteiger charge is -2.49. The van der Waals surface area contributed by atoms with Crippen LogP contribution in [-0.2, 0) is 20.9 Å². The highest BCUT2D eigenvalue weighted by atomic mass is 32.2. The van der Waals surface area contributed by atoms with Gasteiger partial charge in [-0.05, 0) is 59.7 Å². The molecule has 0 saturated carbocycles. The normalized spacial score (nSPS) is 19.8. The van der Waals surface area contributed by atoms with E-state index in [0.29, 0.717) is 37.8 Å². The van der Waals surface area contributed by atoms with Crippen molar-refractivity contribution in [2.45, 2.75) is 35.9 Å². The Labute approximate surface area is 335 Å². The number of aromatic carboxylic acids is 1. The zero-order valence-electron chi connectivity index (χ0n) is 30.4. The van der Waals surface area contributed by atoms with Gasteiger partial charge in [0.05, 0.1) is 23.8 Å². The molecular formula is C41H33N3O12S2.